The zero-order chi connectivity index (χ0) is 24.6. The van der Waals surface area contributed by atoms with Crippen LogP contribution in [0.3, 0.4) is 0 Å². The molecule has 0 N–H and O–H groups in total. The molecule has 1 aliphatic rings. The topological polar surface area (TPSA) is 79.1 Å². The lowest BCUT2D eigenvalue weighted by molar-refractivity contribution is -0.136. The van der Waals surface area contributed by atoms with Crippen molar-refractivity contribution < 1.29 is 19.0 Å². The molecule has 34 heavy (non-hydrogen) atoms. The Morgan fingerprint density at radius 2 is 1.88 bits per heavy atom. The van der Waals surface area contributed by atoms with E-state index in [1.807, 2.05) is 31.2 Å². The third-order valence-electron chi connectivity index (χ3n) is 5.68. The number of allylic oxidation sites excluding steroid dienone is 1. The molecule has 0 bridgehead atoms. The Morgan fingerprint density at radius 3 is 2.53 bits per heavy atom. The van der Waals surface area contributed by atoms with Gasteiger partial charge in [-0.25, -0.2) is 9.79 Å². The zero-order valence-electron chi connectivity index (χ0n) is 19.3. The van der Waals surface area contributed by atoms with Crippen LogP contribution < -0.4 is 24.4 Å². The number of ether oxygens (including phenoxy) is 3. The number of rotatable bonds is 5. The molecule has 3 aromatic rings. The highest BCUT2D eigenvalue weighted by molar-refractivity contribution is 7.07. The summed E-state index contributed by atoms with van der Waals surface area (Å²) >= 11 is 7.55. The first-order valence-corrected chi connectivity index (χ1v) is 11.6. The van der Waals surface area contributed by atoms with E-state index in [2.05, 4.69) is 4.99 Å². The highest BCUT2D eigenvalue weighted by Crippen LogP contribution is 2.37. The first kappa shape index (κ1) is 23.8. The maximum Gasteiger partial charge on any atom is 0.338 e. The van der Waals surface area contributed by atoms with Gasteiger partial charge in [0.05, 0.1) is 37.1 Å². The number of carbonyl (C=O) groups excluding carboxylic acids is 1. The fraction of sp³-hybridized carbons (Fsp3) is 0.240. The minimum atomic E-state index is -0.809. The van der Waals surface area contributed by atoms with Crippen LogP contribution in [-0.4, -0.2) is 31.9 Å². The van der Waals surface area contributed by atoms with Gasteiger partial charge in [0.1, 0.15) is 17.5 Å². The Morgan fingerprint density at radius 1 is 1.12 bits per heavy atom. The van der Waals surface area contributed by atoms with Crippen LogP contribution in [0.1, 0.15) is 29.7 Å². The van der Waals surface area contributed by atoms with E-state index in [1.165, 1.54) is 30.1 Å². The van der Waals surface area contributed by atoms with E-state index >= 15 is 0 Å². The Labute approximate surface area is 205 Å². The van der Waals surface area contributed by atoms with Gasteiger partial charge in [0.2, 0.25) is 0 Å². The summed E-state index contributed by atoms with van der Waals surface area (Å²) in [4.78, 5) is 31.6. The van der Waals surface area contributed by atoms with Gasteiger partial charge in [-0.15, -0.1) is 0 Å². The van der Waals surface area contributed by atoms with Crippen LogP contribution in [0.25, 0.3) is 6.08 Å². The molecule has 0 fully saturated rings. The standard InChI is InChI=1S/C25H23ClN2O5S/c1-13-10-17(31-3)8-6-15(13)11-20-23(29)28-22(18-12-16(26)7-9-19(18)32-4)21(24(30)33-5)14(2)27-25(28)34-20/h6-12,22H,1-5H3/b20-11-/t22-/m1/s1. The second-order valence-corrected chi connectivity index (χ2v) is 9.13. The molecule has 0 saturated heterocycles. The maximum absolute atomic E-state index is 13.7. The molecule has 176 valence electrons. The van der Waals surface area contributed by atoms with Crippen molar-refractivity contribution in [2.24, 2.45) is 4.99 Å². The molecule has 2 heterocycles. The number of nitrogens with zero attached hydrogens (tertiary/aromatic N) is 2. The largest absolute Gasteiger partial charge is 0.497 e. The van der Waals surface area contributed by atoms with E-state index in [4.69, 9.17) is 25.8 Å². The molecule has 1 aromatic heterocycles. The van der Waals surface area contributed by atoms with Gasteiger partial charge in [0, 0.05) is 10.6 Å². The Hall–Kier alpha value is -3.36. The summed E-state index contributed by atoms with van der Waals surface area (Å²) in [5.74, 6) is 0.655. The number of benzene rings is 2. The molecular formula is C25H23ClN2O5S. The molecule has 0 saturated carbocycles. The summed E-state index contributed by atoms with van der Waals surface area (Å²) < 4.78 is 17.9. The van der Waals surface area contributed by atoms with E-state index in [9.17, 15) is 9.59 Å². The highest BCUT2D eigenvalue weighted by atomic mass is 35.5. The van der Waals surface area contributed by atoms with E-state index in [1.54, 1.807) is 32.2 Å². The molecule has 1 aliphatic heterocycles. The predicted molar refractivity (Wildman–Crippen MR) is 132 cm³/mol. The van der Waals surface area contributed by atoms with Crippen LogP contribution in [0.5, 0.6) is 11.5 Å². The predicted octanol–water partition coefficient (Wildman–Crippen LogP) is 3.39. The van der Waals surface area contributed by atoms with Gasteiger partial charge in [0.25, 0.3) is 5.56 Å². The minimum absolute atomic E-state index is 0.252. The van der Waals surface area contributed by atoms with E-state index in [0.717, 1.165) is 16.9 Å². The quantitative estimate of drug-likeness (QED) is 0.504. The lowest BCUT2D eigenvalue weighted by atomic mass is 9.95. The van der Waals surface area contributed by atoms with Crippen molar-refractivity contribution in [2.45, 2.75) is 19.9 Å². The van der Waals surface area contributed by atoms with Crippen LogP contribution in [0.15, 0.2) is 57.5 Å². The molecule has 1 atom stereocenters. The number of hydrogen-bond acceptors (Lipinski definition) is 7. The number of thiazole rings is 1. The lowest BCUT2D eigenvalue weighted by Crippen LogP contribution is -2.40. The van der Waals surface area contributed by atoms with Gasteiger partial charge in [-0.1, -0.05) is 29.0 Å². The van der Waals surface area contributed by atoms with Gasteiger partial charge >= 0.3 is 5.97 Å². The van der Waals surface area contributed by atoms with Gasteiger partial charge in [-0.05, 0) is 61.4 Å². The fourth-order valence-electron chi connectivity index (χ4n) is 3.98. The molecule has 2 aromatic carbocycles. The van der Waals surface area contributed by atoms with Crippen molar-refractivity contribution in [1.82, 2.24) is 4.57 Å². The van der Waals surface area contributed by atoms with Crippen molar-refractivity contribution in [3.8, 4) is 11.5 Å². The van der Waals surface area contributed by atoms with Crippen molar-refractivity contribution in [1.29, 1.82) is 0 Å². The SMILES string of the molecule is COC(=O)C1=C(C)N=c2s/c(=C\c3ccc(OC)cc3C)c(=O)n2[C@@H]1c1cc(Cl)ccc1OC. The summed E-state index contributed by atoms with van der Waals surface area (Å²) in [5.41, 5.74) is 2.85. The van der Waals surface area contributed by atoms with E-state index < -0.39 is 12.0 Å². The van der Waals surface area contributed by atoms with Gasteiger partial charge in [-0.2, -0.15) is 0 Å². The van der Waals surface area contributed by atoms with Gasteiger partial charge < -0.3 is 14.2 Å². The van der Waals surface area contributed by atoms with Gasteiger partial charge in [-0.3, -0.25) is 9.36 Å². The van der Waals surface area contributed by atoms with Crippen molar-refractivity contribution >= 4 is 35.0 Å². The van der Waals surface area contributed by atoms with Crippen LogP contribution in [0.2, 0.25) is 5.02 Å². The number of esters is 1. The molecule has 9 heteroatoms. The fourth-order valence-corrected chi connectivity index (χ4v) is 5.20. The van der Waals surface area contributed by atoms with Crippen molar-refractivity contribution in [3.05, 3.63) is 89.1 Å². The number of methoxy groups -OCH3 is 3. The number of aryl methyl sites for hydroxylation is 1. The smallest absolute Gasteiger partial charge is 0.338 e. The zero-order valence-corrected chi connectivity index (χ0v) is 20.9. The second kappa shape index (κ2) is 9.48. The van der Waals surface area contributed by atoms with Crippen LogP contribution >= 0.6 is 22.9 Å². The van der Waals surface area contributed by atoms with Crippen LogP contribution in [0.4, 0.5) is 0 Å². The van der Waals surface area contributed by atoms with Crippen molar-refractivity contribution in [3.63, 3.8) is 0 Å². The molecular weight excluding hydrogens is 476 g/mol. The Balaban J connectivity index is 2.01. The number of fused-ring (bicyclic) bond motifs is 1. The summed E-state index contributed by atoms with van der Waals surface area (Å²) in [7, 11) is 4.43. The molecule has 7 nitrogen and oxygen atoms in total. The first-order chi connectivity index (χ1) is 16.3. The summed E-state index contributed by atoms with van der Waals surface area (Å²) in [6.07, 6.45) is 1.82. The third-order valence-corrected chi connectivity index (χ3v) is 6.89. The van der Waals surface area contributed by atoms with E-state index in [-0.39, 0.29) is 11.1 Å². The molecule has 0 unspecified atom stereocenters. The van der Waals surface area contributed by atoms with Gasteiger partial charge in [0.15, 0.2) is 4.80 Å². The normalized spacial score (nSPS) is 15.6. The third kappa shape index (κ3) is 4.15. The van der Waals surface area contributed by atoms with Crippen molar-refractivity contribution in [2.75, 3.05) is 21.3 Å². The van der Waals surface area contributed by atoms with Crippen LogP contribution in [0, 0.1) is 6.92 Å². The number of carbonyl (C=O) groups is 1. The number of hydrogen-bond donors (Lipinski definition) is 0. The summed E-state index contributed by atoms with van der Waals surface area (Å²) in [5, 5.41) is 0.450. The molecule has 0 amide bonds. The maximum atomic E-state index is 13.7. The Kier molecular flexibility index (Phi) is 6.63. The average Bonchev–Trinajstić information content (AvgIpc) is 3.13. The summed E-state index contributed by atoms with van der Waals surface area (Å²) in [6, 6.07) is 9.92. The Bertz CT molecular complexity index is 1500. The number of aromatic nitrogens is 1. The highest BCUT2D eigenvalue weighted by Gasteiger charge is 2.35. The molecule has 0 spiro atoms. The van der Waals surface area contributed by atoms with E-state index in [0.29, 0.717) is 31.4 Å². The second-order valence-electron chi connectivity index (χ2n) is 7.68. The first-order valence-electron chi connectivity index (χ1n) is 10.4. The van der Waals surface area contributed by atoms with Crippen LogP contribution in [-0.2, 0) is 9.53 Å². The molecule has 4 rings (SSSR count). The molecule has 0 radical (unpaired) electrons. The average molecular weight is 499 g/mol. The minimum Gasteiger partial charge on any atom is -0.497 e. The monoisotopic (exact) mass is 498 g/mol. The summed E-state index contributed by atoms with van der Waals surface area (Å²) in [6.45, 7) is 3.67. The number of halogens is 1. The lowest BCUT2D eigenvalue weighted by Gasteiger charge is -2.25. The molecule has 0 aliphatic carbocycles.